The van der Waals surface area contributed by atoms with E-state index in [0.29, 0.717) is 16.9 Å². The number of benzene rings is 2. The smallest absolute Gasteiger partial charge is 0.154 e. The van der Waals surface area contributed by atoms with Crippen molar-refractivity contribution < 1.29 is 4.90 Å². The van der Waals surface area contributed by atoms with E-state index >= 15 is 0 Å². The fourth-order valence-electron chi connectivity index (χ4n) is 3.61. The molecule has 0 radical (unpaired) electrons. The summed E-state index contributed by atoms with van der Waals surface area (Å²) in [5.41, 5.74) is 1.97. The van der Waals surface area contributed by atoms with E-state index in [1.165, 1.54) is 26.1 Å². The highest BCUT2D eigenvalue weighted by molar-refractivity contribution is 6.31. The molecular weight excluding hydrogens is 392 g/mol. The van der Waals surface area contributed by atoms with E-state index in [9.17, 15) is 0 Å². The van der Waals surface area contributed by atoms with Gasteiger partial charge in [0.15, 0.2) is 5.82 Å². The second-order valence-electron chi connectivity index (χ2n) is 7.73. The van der Waals surface area contributed by atoms with E-state index in [-0.39, 0.29) is 0 Å². The maximum absolute atomic E-state index is 6.23. The summed E-state index contributed by atoms with van der Waals surface area (Å²) < 4.78 is 0. The van der Waals surface area contributed by atoms with Gasteiger partial charge in [0.25, 0.3) is 0 Å². The van der Waals surface area contributed by atoms with Gasteiger partial charge in [-0.25, -0.2) is 9.97 Å². The molecule has 0 aliphatic carbocycles. The highest BCUT2D eigenvalue weighted by atomic mass is 35.5. The van der Waals surface area contributed by atoms with Gasteiger partial charge in [-0.2, -0.15) is 0 Å². The fourth-order valence-corrected chi connectivity index (χ4v) is 3.77. The molecule has 4 nitrogen and oxygen atoms in total. The van der Waals surface area contributed by atoms with Crippen LogP contribution < -0.4 is 10.2 Å². The van der Waals surface area contributed by atoms with Gasteiger partial charge >= 0.3 is 0 Å². The van der Waals surface area contributed by atoms with Gasteiger partial charge in [0.1, 0.15) is 5.82 Å². The normalized spacial score (nSPS) is 12.7. The summed E-state index contributed by atoms with van der Waals surface area (Å²) in [6.07, 6.45) is 6.29. The highest BCUT2D eigenvalue weighted by Gasteiger charge is 2.11. The lowest BCUT2D eigenvalue weighted by atomic mass is 10.1. The molecule has 0 aliphatic rings. The van der Waals surface area contributed by atoms with Crippen LogP contribution in [-0.2, 0) is 0 Å². The van der Waals surface area contributed by atoms with Gasteiger partial charge in [0.05, 0.1) is 25.2 Å². The maximum atomic E-state index is 6.23. The summed E-state index contributed by atoms with van der Waals surface area (Å²) in [6.45, 7) is 10.3. The summed E-state index contributed by atoms with van der Waals surface area (Å²) in [5, 5.41) is 5.29. The first-order chi connectivity index (χ1) is 14.6. The van der Waals surface area contributed by atoms with Gasteiger partial charge in [0.2, 0.25) is 0 Å². The van der Waals surface area contributed by atoms with Crippen LogP contribution in [0.5, 0.6) is 0 Å². The van der Waals surface area contributed by atoms with Gasteiger partial charge < -0.3 is 10.2 Å². The number of anilines is 1. The van der Waals surface area contributed by atoms with Crippen LogP contribution in [0, 0.1) is 0 Å². The Hall–Kier alpha value is -2.43. The Bertz CT molecular complexity index is 968. The number of nitrogens with zero attached hydrogens (tertiary/aromatic N) is 2. The van der Waals surface area contributed by atoms with Crippen LogP contribution in [0.3, 0.4) is 0 Å². The molecular formula is C25H32ClN4+. The number of quaternary nitrogens is 1. The molecule has 0 spiro atoms. The molecule has 0 saturated carbocycles. The summed E-state index contributed by atoms with van der Waals surface area (Å²) in [6, 6.07) is 16.3. The van der Waals surface area contributed by atoms with Crippen LogP contribution in [0.25, 0.3) is 23.1 Å². The van der Waals surface area contributed by atoms with Gasteiger partial charge in [-0.15, -0.1) is 0 Å². The van der Waals surface area contributed by atoms with E-state index in [2.05, 4.69) is 38.2 Å². The third-order valence-corrected chi connectivity index (χ3v) is 5.69. The molecule has 2 N–H and O–H groups in total. The molecule has 2 aromatic carbocycles. The minimum absolute atomic E-state index is 0.333. The highest BCUT2D eigenvalue weighted by Crippen LogP contribution is 2.25. The predicted molar refractivity (Wildman–Crippen MR) is 129 cm³/mol. The van der Waals surface area contributed by atoms with Crippen molar-refractivity contribution in [2.75, 3.05) is 25.0 Å². The first kappa shape index (κ1) is 22.3. The summed E-state index contributed by atoms with van der Waals surface area (Å²) in [5.74, 6) is 1.54. The van der Waals surface area contributed by atoms with E-state index in [1.807, 2.05) is 48.6 Å². The minimum atomic E-state index is 0.333. The molecule has 0 saturated heterocycles. The van der Waals surface area contributed by atoms with Crippen LogP contribution >= 0.6 is 11.6 Å². The van der Waals surface area contributed by atoms with E-state index in [4.69, 9.17) is 21.6 Å². The number of hydrogen-bond acceptors (Lipinski definition) is 3. The molecule has 0 unspecified atom stereocenters. The molecule has 0 aliphatic heterocycles. The van der Waals surface area contributed by atoms with Crippen molar-refractivity contribution in [1.29, 1.82) is 0 Å². The molecule has 3 rings (SSSR count). The number of nitrogens with one attached hydrogen (secondary N) is 2. The number of hydrogen-bond donors (Lipinski definition) is 2. The van der Waals surface area contributed by atoms with Crippen LogP contribution in [-0.4, -0.2) is 35.6 Å². The third-order valence-electron chi connectivity index (χ3n) is 5.45. The predicted octanol–water partition coefficient (Wildman–Crippen LogP) is 4.96. The second kappa shape index (κ2) is 11.1. The third kappa shape index (κ3) is 6.28. The maximum Gasteiger partial charge on any atom is 0.154 e. The zero-order chi connectivity index (χ0) is 21.3. The fraction of sp³-hybridized carbons (Fsp3) is 0.360. The molecule has 1 atom stereocenters. The Morgan fingerprint density at radius 3 is 2.53 bits per heavy atom. The van der Waals surface area contributed by atoms with Crippen molar-refractivity contribution in [2.45, 2.75) is 39.7 Å². The topological polar surface area (TPSA) is 42.2 Å². The Morgan fingerprint density at radius 1 is 1.03 bits per heavy atom. The Labute approximate surface area is 185 Å². The standard InChI is InChI=1S/C25H31ClN4/c1-4-30(5-2)17-9-10-19(3)27-25-22-15-14-21(26)18-23(22)28-24(29-25)16-13-20-11-7-6-8-12-20/h6-8,11-16,18-19H,4-5,9-10,17H2,1-3H3,(H,27,28,29)/p+1/b16-13+/t19-/m1/s1. The molecule has 30 heavy (non-hydrogen) atoms. The summed E-state index contributed by atoms with van der Waals surface area (Å²) in [4.78, 5) is 11.2. The lowest BCUT2D eigenvalue weighted by Gasteiger charge is -2.19. The molecule has 0 bridgehead atoms. The lowest BCUT2D eigenvalue weighted by molar-refractivity contribution is -0.896. The molecule has 0 fully saturated rings. The molecule has 158 valence electrons. The summed E-state index contributed by atoms with van der Waals surface area (Å²) >= 11 is 6.23. The van der Waals surface area contributed by atoms with Crippen molar-refractivity contribution in [1.82, 2.24) is 9.97 Å². The van der Waals surface area contributed by atoms with E-state index in [1.54, 1.807) is 4.90 Å². The van der Waals surface area contributed by atoms with Crippen LogP contribution in [0.2, 0.25) is 5.02 Å². The van der Waals surface area contributed by atoms with Gasteiger partial charge in [0, 0.05) is 16.5 Å². The summed E-state index contributed by atoms with van der Waals surface area (Å²) in [7, 11) is 0. The van der Waals surface area contributed by atoms with Crippen molar-refractivity contribution in [3.8, 4) is 0 Å². The number of rotatable bonds is 10. The number of aromatic nitrogens is 2. The van der Waals surface area contributed by atoms with Crippen molar-refractivity contribution >= 4 is 40.5 Å². The Morgan fingerprint density at radius 2 is 1.80 bits per heavy atom. The van der Waals surface area contributed by atoms with Crippen LogP contribution in [0.1, 0.15) is 45.0 Å². The SMILES string of the molecule is CC[NH+](CC)CCC[C@@H](C)Nc1nc(/C=C/c2ccccc2)nc2cc(Cl)ccc12. The molecule has 3 aromatic rings. The zero-order valence-electron chi connectivity index (χ0n) is 18.2. The Balaban J connectivity index is 1.79. The van der Waals surface area contributed by atoms with Gasteiger partial charge in [-0.05, 0) is 63.5 Å². The largest absolute Gasteiger partial charge is 0.367 e. The Kier molecular flexibility index (Phi) is 8.23. The van der Waals surface area contributed by atoms with Crippen molar-refractivity contribution in [3.05, 3.63) is 64.9 Å². The van der Waals surface area contributed by atoms with Crippen LogP contribution in [0.4, 0.5) is 5.82 Å². The van der Waals surface area contributed by atoms with Crippen LogP contribution in [0.15, 0.2) is 48.5 Å². The average molecular weight is 424 g/mol. The number of fused-ring (bicyclic) bond motifs is 1. The first-order valence-electron chi connectivity index (χ1n) is 10.9. The lowest BCUT2D eigenvalue weighted by Crippen LogP contribution is -3.11. The number of halogens is 1. The van der Waals surface area contributed by atoms with E-state index < -0.39 is 0 Å². The van der Waals surface area contributed by atoms with E-state index in [0.717, 1.165) is 28.7 Å². The minimum Gasteiger partial charge on any atom is -0.367 e. The molecule has 0 amide bonds. The van der Waals surface area contributed by atoms with Crippen molar-refractivity contribution in [2.24, 2.45) is 0 Å². The monoisotopic (exact) mass is 423 g/mol. The quantitative estimate of drug-likeness (QED) is 0.484. The molecule has 1 heterocycles. The van der Waals surface area contributed by atoms with Gasteiger partial charge in [-0.1, -0.05) is 48.0 Å². The molecule has 1 aromatic heterocycles. The molecule has 5 heteroatoms. The zero-order valence-corrected chi connectivity index (χ0v) is 18.9. The first-order valence-corrected chi connectivity index (χ1v) is 11.3. The second-order valence-corrected chi connectivity index (χ2v) is 8.17. The average Bonchev–Trinajstić information content (AvgIpc) is 2.75. The van der Waals surface area contributed by atoms with Gasteiger partial charge in [-0.3, -0.25) is 0 Å². The van der Waals surface area contributed by atoms with Crippen molar-refractivity contribution in [3.63, 3.8) is 0 Å².